The molecule has 1 aliphatic rings. The highest BCUT2D eigenvalue weighted by Crippen LogP contribution is 2.37. The third kappa shape index (κ3) is 5.52. The molecule has 10 heteroatoms. The van der Waals surface area contributed by atoms with Crippen LogP contribution in [0.5, 0.6) is 11.5 Å². The quantitative estimate of drug-likeness (QED) is 0.343. The van der Waals surface area contributed by atoms with Crippen LogP contribution in [-0.2, 0) is 9.59 Å². The van der Waals surface area contributed by atoms with Gasteiger partial charge in [0.25, 0.3) is 5.91 Å². The van der Waals surface area contributed by atoms with Crippen molar-refractivity contribution in [1.82, 2.24) is 5.32 Å². The van der Waals surface area contributed by atoms with Crippen molar-refractivity contribution < 1.29 is 24.2 Å². The number of carbonyl (C=O) groups is 2. The van der Waals surface area contributed by atoms with E-state index in [-0.39, 0.29) is 11.4 Å². The van der Waals surface area contributed by atoms with Crippen LogP contribution in [0.1, 0.15) is 11.1 Å². The highest BCUT2D eigenvalue weighted by Gasteiger charge is 2.27. The highest BCUT2D eigenvalue weighted by molar-refractivity contribution is 14.1. The molecule has 2 aromatic rings. The smallest absolute Gasteiger partial charge is 0.341 e. The number of thioether (sulfide) groups is 1. The van der Waals surface area contributed by atoms with E-state index in [0.717, 1.165) is 16.8 Å². The number of anilines is 1. The van der Waals surface area contributed by atoms with E-state index in [1.165, 1.54) is 18.9 Å². The average molecular weight is 561 g/mol. The molecule has 0 saturated carbocycles. The van der Waals surface area contributed by atoms with Gasteiger partial charge in [-0.25, -0.2) is 4.79 Å². The van der Waals surface area contributed by atoms with E-state index in [9.17, 15) is 9.59 Å². The molecular weight excluding hydrogens is 543 g/mol. The number of aryl methyl sites for hydroxylation is 1. The molecule has 0 bridgehead atoms. The van der Waals surface area contributed by atoms with E-state index >= 15 is 0 Å². The van der Waals surface area contributed by atoms with Crippen LogP contribution in [0.25, 0.3) is 6.08 Å². The van der Waals surface area contributed by atoms with E-state index in [0.29, 0.717) is 25.0 Å². The number of methoxy groups -OCH3 is 1. The van der Waals surface area contributed by atoms with E-state index < -0.39 is 12.6 Å². The first-order valence-corrected chi connectivity index (χ1v) is 11.0. The number of carboxylic acid groups (broad SMARTS) is 1. The van der Waals surface area contributed by atoms with Gasteiger partial charge in [-0.05, 0) is 71.0 Å². The van der Waals surface area contributed by atoms with Crippen LogP contribution in [0.2, 0.25) is 5.02 Å². The lowest BCUT2D eigenvalue weighted by atomic mass is 10.2. The molecule has 1 amide bonds. The molecule has 3 rings (SSSR count). The lowest BCUT2D eigenvalue weighted by molar-refractivity contribution is -0.139. The van der Waals surface area contributed by atoms with E-state index in [1.807, 2.05) is 47.7 Å². The van der Waals surface area contributed by atoms with Crippen molar-refractivity contribution in [2.75, 3.05) is 19.0 Å². The Kier molecular flexibility index (Phi) is 7.37. The summed E-state index contributed by atoms with van der Waals surface area (Å²) in [5, 5.41) is 15.6. The number of benzene rings is 2. The molecule has 1 unspecified atom stereocenters. The molecule has 1 saturated heterocycles. The van der Waals surface area contributed by atoms with Gasteiger partial charge in [0.1, 0.15) is 0 Å². The second-order valence-electron chi connectivity index (χ2n) is 6.30. The standard InChI is InChI=1S/C20H18ClIN2O5S/c1-10-3-4-12(21)8-14(10)23-20-24-19(27)16(30-20)7-11-5-13(22)18(15(6-11)28-2)29-9-17(25)26/h3-8,20,23H,9H2,1-2H3,(H,24,27)(H,25,26)/b16-7-. The molecule has 0 radical (unpaired) electrons. The Morgan fingerprint density at radius 3 is 2.87 bits per heavy atom. The topological polar surface area (TPSA) is 96.9 Å². The van der Waals surface area contributed by atoms with E-state index in [1.54, 1.807) is 18.2 Å². The fourth-order valence-electron chi connectivity index (χ4n) is 2.70. The molecule has 1 atom stereocenters. The number of hydrogen-bond acceptors (Lipinski definition) is 6. The maximum absolute atomic E-state index is 12.4. The number of nitrogens with one attached hydrogen (secondary N) is 2. The van der Waals surface area contributed by atoms with Crippen LogP contribution < -0.4 is 20.1 Å². The predicted octanol–water partition coefficient (Wildman–Crippen LogP) is 4.32. The molecule has 0 spiro atoms. The van der Waals surface area contributed by atoms with Crippen molar-refractivity contribution in [3.8, 4) is 11.5 Å². The molecule has 1 heterocycles. The third-order valence-corrected chi connectivity index (χ3v) is 6.17. The van der Waals surface area contributed by atoms with Gasteiger partial charge in [0.15, 0.2) is 23.6 Å². The van der Waals surface area contributed by atoms with Crippen molar-refractivity contribution in [3.05, 3.63) is 55.0 Å². The average Bonchev–Trinajstić information content (AvgIpc) is 3.02. The summed E-state index contributed by atoms with van der Waals surface area (Å²) in [5.41, 5.74) is 2.26. The Labute approximate surface area is 196 Å². The largest absolute Gasteiger partial charge is 0.493 e. The monoisotopic (exact) mass is 560 g/mol. The van der Waals surface area contributed by atoms with Crippen LogP contribution in [0.15, 0.2) is 35.2 Å². The number of hydrogen-bond donors (Lipinski definition) is 3. The van der Waals surface area contributed by atoms with Gasteiger partial charge in [-0.3, -0.25) is 4.79 Å². The van der Waals surface area contributed by atoms with Gasteiger partial charge in [-0.15, -0.1) is 0 Å². The Bertz CT molecular complexity index is 1030. The second kappa shape index (κ2) is 9.80. The number of ether oxygens (including phenoxy) is 2. The number of aliphatic carboxylic acids is 1. The van der Waals surface area contributed by atoms with Crippen molar-refractivity contribution >= 4 is 69.6 Å². The number of carbonyl (C=O) groups excluding carboxylic acids is 1. The summed E-state index contributed by atoms with van der Waals surface area (Å²) in [4.78, 5) is 23.7. The maximum atomic E-state index is 12.4. The SMILES string of the molecule is COc1cc(/C=C2\SC(Nc3cc(Cl)ccc3C)NC2=O)cc(I)c1OCC(=O)O. The van der Waals surface area contributed by atoms with Gasteiger partial charge < -0.3 is 25.2 Å². The fourth-order valence-corrected chi connectivity index (χ4v) is 4.63. The summed E-state index contributed by atoms with van der Waals surface area (Å²) in [5.74, 6) is -0.534. The first kappa shape index (κ1) is 22.6. The molecular formula is C20H18ClIN2O5S. The van der Waals surface area contributed by atoms with Crippen molar-refractivity contribution in [2.45, 2.75) is 12.4 Å². The summed E-state index contributed by atoms with van der Waals surface area (Å²) in [7, 11) is 1.47. The Balaban J connectivity index is 1.79. The lowest BCUT2D eigenvalue weighted by Gasteiger charge is -2.15. The zero-order valence-corrected chi connectivity index (χ0v) is 19.7. The summed E-state index contributed by atoms with van der Waals surface area (Å²) in [6.07, 6.45) is 1.75. The minimum Gasteiger partial charge on any atom is -0.493 e. The van der Waals surface area contributed by atoms with Gasteiger partial charge in [0, 0.05) is 10.7 Å². The number of amides is 1. The molecule has 7 nitrogen and oxygen atoms in total. The zero-order chi connectivity index (χ0) is 21.8. The minimum absolute atomic E-state index is 0.197. The van der Waals surface area contributed by atoms with Crippen molar-refractivity contribution in [2.24, 2.45) is 0 Å². The predicted molar refractivity (Wildman–Crippen MR) is 126 cm³/mol. The normalized spacial score (nSPS) is 17.0. The number of halogens is 2. The first-order chi connectivity index (χ1) is 14.3. The van der Waals surface area contributed by atoms with Crippen LogP contribution in [0, 0.1) is 10.5 Å². The summed E-state index contributed by atoms with van der Waals surface area (Å²) in [6.45, 7) is 1.49. The molecule has 0 aliphatic carbocycles. The number of carboxylic acids is 1. The van der Waals surface area contributed by atoms with Crippen molar-refractivity contribution in [3.63, 3.8) is 0 Å². The van der Waals surface area contributed by atoms with E-state index in [2.05, 4.69) is 10.6 Å². The van der Waals surface area contributed by atoms with Gasteiger partial charge >= 0.3 is 5.97 Å². The van der Waals surface area contributed by atoms with Gasteiger partial charge in [0.05, 0.1) is 15.6 Å². The van der Waals surface area contributed by atoms with Crippen LogP contribution in [0.4, 0.5) is 5.69 Å². The second-order valence-corrected chi connectivity index (χ2v) is 9.05. The Morgan fingerprint density at radius 1 is 1.40 bits per heavy atom. The zero-order valence-electron chi connectivity index (χ0n) is 16.0. The van der Waals surface area contributed by atoms with Crippen molar-refractivity contribution in [1.29, 1.82) is 0 Å². The molecule has 1 aliphatic heterocycles. The minimum atomic E-state index is -1.08. The van der Waals surface area contributed by atoms with E-state index in [4.69, 9.17) is 26.2 Å². The van der Waals surface area contributed by atoms with Gasteiger partial charge in [-0.1, -0.05) is 29.4 Å². The first-order valence-electron chi connectivity index (χ1n) is 8.71. The maximum Gasteiger partial charge on any atom is 0.341 e. The van der Waals surface area contributed by atoms with Crippen LogP contribution in [0.3, 0.4) is 0 Å². The fraction of sp³-hybridized carbons (Fsp3) is 0.200. The summed E-state index contributed by atoms with van der Waals surface area (Å²) >= 11 is 9.46. The van der Waals surface area contributed by atoms with Gasteiger partial charge in [-0.2, -0.15) is 0 Å². The molecule has 30 heavy (non-hydrogen) atoms. The third-order valence-electron chi connectivity index (χ3n) is 4.11. The summed E-state index contributed by atoms with van der Waals surface area (Å²) in [6, 6.07) is 9.02. The molecule has 0 aromatic heterocycles. The Morgan fingerprint density at radius 2 is 2.17 bits per heavy atom. The molecule has 2 aromatic carbocycles. The van der Waals surface area contributed by atoms with Crippen LogP contribution in [-0.4, -0.2) is 36.2 Å². The molecule has 158 valence electrons. The van der Waals surface area contributed by atoms with Crippen LogP contribution >= 0.6 is 46.0 Å². The molecule has 1 fully saturated rings. The number of rotatable bonds is 7. The summed E-state index contributed by atoms with van der Waals surface area (Å²) < 4.78 is 11.3. The molecule has 3 N–H and O–H groups in total. The van der Waals surface area contributed by atoms with Gasteiger partial charge in [0.2, 0.25) is 0 Å². The Hall–Kier alpha value is -2.11. The lowest BCUT2D eigenvalue weighted by Crippen LogP contribution is -2.31. The highest BCUT2D eigenvalue weighted by atomic mass is 127.